The summed E-state index contributed by atoms with van der Waals surface area (Å²) in [6.45, 7) is 7.62. The van der Waals surface area contributed by atoms with Gasteiger partial charge in [-0.15, -0.1) is 0 Å². The number of anilines is 1. The number of aryl methyl sites for hydroxylation is 3. The smallest absolute Gasteiger partial charge is 0.160 e. The number of rotatable bonds is 2. The van der Waals surface area contributed by atoms with Crippen LogP contribution < -0.4 is 4.90 Å². The first kappa shape index (κ1) is 16.0. The Kier molecular flexibility index (Phi) is 3.72. The molecule has 6 nitrogen and oxygen atoms in total. The SMILES string of the molecule is Cc1cc(N2CCC(O)(c3cccnc3)CC2)n2nc(C)c(C)c2n1. The van der Waals surface area contributed by atoms with Crippen molar-refractivity contribution in [3.05, 3.63) is 53.1 Å². The molecule has 0 atom stereocenters. The first-order valence-electron chi connectivity index (χ1n) is 8.69. The van der Waals surface area contributed by atoms with Gasteiger partial charge in [-0.25, -0.2) is 4.98 Å². The Morgan fingerprint density at radius 2 is 1.92 bits per heavy atom. The standard InChI is InChI=1S/C19H23N5O/c1-13-11-17(24-18(21-13)14(2)15(3)22-24)23-9-6-19(25,7-10-23)16-5-4-8-20-12-16/h4-5,8,11-12,25H,6-7,9-10H2,1-3H3. The zero-order valence-electron chi connectivity index (χ0n) is 14.9. The fraction of sp³-hybridized carbons (Fsp3) is 0.421. The van der Waals surface area contributed by atoms with Crippen LogP contribution in [0.15, 0.2) is 30.6 Å². The van der Waals surface area contributed by atoms with Crippen molar-refractivity contribution in [2.24, 2.45) is 0 Å². The van der Waals surface area contributed by atoms with Crippen molar-refractivity contribution in [1.82, 2.24) is 19.6 Å². The van der Waals surface area contributed by atoms with Gasteiger partial charge in [0.25, 0.3) is 0 Å². The summed E-state index contributed by atoms with van der Waals surface area (Å²) in [5.41, 5.74) is 4.12. The Balaban J connectivity index is 1.65. The first-order chi connectivity index (χ1) is 12.0. The molecular weight excluding hydrogens is 314 g/mol. The van der Waals surface area contributed by atoms with Crippen LogP contribution >= 0.6 is 0 Å². The second-order valence-electron chi connectivity index (χ2n) is 6.96. The van der Waals surface area contributed by atoms with Gasteiger partial charge in [-0.2, -0.15) is 9.61 Å². The van der Waals surface area contributed by atoms with E-state index in [4.69, 9.17) is 0 Å². The number of aromatic nitrogens is 4. The highest BCUT2D eigenvalue weighted by molar-refractivity contribution is 5.57. The molecule has 0 radical (unpaired) electrons. The molecule has 6 heteroatoms. The van der Waals surface area contributed by atoms with E-state index in [0.717, 1.165) is 47.1 Å². The van der Waals surface area contributed by atoms with Gasteiger partial charge in [-0.3, -0.25) is 4.98 Å². The van der Waals surface area contributed by atoms with Crippen LogP contribution in [-0.4, -0.2) is 37.8 Å². The predicted octanol–water partition coefficient (Wildman–Crippen LogP) is 2.54. The molecule has 25 heavy (non-hydrogen) atoms. The quantitative estimate of drug-likeness (QED) is 0.778. The van der Waals surface area contributed by atoms with E-state index in [2.05, 4.69) is 33.0 Å². The molecule has 0 spiro atoms. The number of hydrogen-bond donors (Lipinski definition) is 1. The van der Waals surface area contributed by atoms with Crippen LogP contribution in [0.2, 0.25) is 0 Å². The molecule has 0 bridgehead atoms. The van der Waals surface area contributed by atoms with Crippen LogP contribution in [0.5, 0.6) is 0 Å². The van der Waals surface area contributed by atoms with E-state index in [1.54, 1.807) is 12.4 Å². The lowest BCUT2D eigenvalue weighted by molar-refractivity contribution is 0.0113. The van der Waals surface area contributed by atoms with Gasteiger partial charge in [0.05, 0.1) is 11.3 Å². The third-order valence-electron chi connectivity index (χ3n) is 5.28. The van der Waals surface area contributed by atoms with Gasteiger partial charge in [-0.05, 0) is 39.7 Å². The molecule has 0 saturated carbocycles. The minimum absolute atomic E-state index is 0.667. The van der Waals surface area contributed by atoms with Gasteiger partial charge < -0.3 is 10.0 Å². The second-order valence-corrected chi connectivity index (χ2v) is 6.96. The summed E-state index contributed by atoms with van der Waals surface area (Å²) in [5.74, 6) is 1.05. The van der Waals surface area contributed by atoms with Crippen molar-refractivity contribution in [3.63, 3.8) is 0 Å². The Morgan fingerprint density at radius 1 is 1.16 bits per heavy atom. The summed E-state index contributed by atoms with van der Waals surface area (Å²) in [4.78, 5) is 11.1. The first-order valence-corrected chi connectivity index (χ1v) is 8.69. The number of piperidine rings is 1. The molecule has 1 aliphatic heterocycles. The highest BCUT2D eigenvalue weighted by atomic mass is 16.3. The van der Waals surface area contributed by atoms with E-state index in [-0.39, 0.29) is 0 Å². The summed E-state index contributed by atoms with van der Waals surface area (Å²) in [7, 11) is 0. The van der Waals surface area contributed by atoms with Crippen molar-refractivity contribution in [2.75, 3.05) is 18.0 Å². The van der Waals surface area contributed by atoms with Crippen LogP contribution in [-0.2, 0) is 5.60 Å². The lowest BCUT2D eigenvalue weighted by Crippen LogP contribution is -2.43. The minimum Gasteiger partial charge on any atom is -0.385 e. The van der Waals surface area contributed by atoms with E-state index < -0.39 is 5.60 Å². The zero-order valence-corrected chi connectivity index (χ0v) is 14.9. The Labute approximate surface area is 147 Å². The maximum absolute atomic E-state index is 11.0. The second kappa shape index (κ2) is 5.81. The van der Waals surface area contributed by atoms with E-state index in [1.807, 2.05) is 30.5 Å². The molecule has 3 aromatic heterocycles. The topological polar surface area (TPSA) is 66.5 Å². The van der Waals surface area contributed by atoms with Gasteiger partial charge in [0.15, 0.2) is 5.65 Å². The van der Waals surface area contributed by atoms with Crippen molar-refractivity contribution >= 4 is 11.5 Å². The van der Waals surface area contributed by atoms with Gasteiger partial charge in [0.1, 0.15) is 5.82 Å². The average molecular weight is 337 g/mol. The van der Waals surface area contributed by atoms with Crippen molar-refractivity contribution in [3.8, 4) is 0 Å². The predicted molar refractivity (Wildman–Crippen MR) is 96.8 cm³/mol. The lowest BCUT2D eigenvalue weighted by atomic mass is 9.85. The highest BCUT2D eigenvalue weighted by Gasteiger charge is 2.35. The number of hydrogen-bond acceptors (Lipinski definition) is 5. The summed E-state index contributed by atoms with van der Waals surface area (Å²) in [5, 5.41) is 15.7. The van der Waals surface area contributed by atoms with Gasteiger partial charge >= 0.3 is 0 Å². The van der Waals surface area contributed by atoms with Crippen molar-refractivity contribution in [1.29, 1.82) is 0 Å². The molecule has 0 aliphatic carbocycles. The van der Waals surface area contributed by atoms with Gasteiger partial charge in [0, 0.05) is 48.4 Å². The Hall–Kier alpha value is -2.47. The van der Waals surface area contributed by atoms with Crippen LogP contribution in [0.4, 0.5) is 5.82 Å². The number of aliphatic hydroxyl groups is 1. The molecule has 1 N–H and O–H groups in total. The highest BCUT2D eigenvalue weighted by Crippen LogP contribution is 2.34. The van der Waals surface area contributed by atoms with E-state index in [9.17, 15) is 5.11 Å². The fourth-order valence-electron chi connectivity index (χ4n) is 3.59. The molecule has 4 heterocycles. The van der Waals surface area contributed by atoms with E-state index in [0.29, 0.717) is 12.8 Å². The molecule has 4 rings (SSSR count). The van der Waals surface area contributed by atoms with E-state index >= 15 is 0 Å². The van der Waals surface area contributed by atoms with Crippen molar-refractivity contribution < 1.29 is 5.11 Å². The summed E-state index contributed by atoms with van der Waals surface area (Å²) in [6.07, 6.45) is 4.84. The van der Waals surface area contributed by atoms with Crippen molar-refractivity contribution in [2.45, 2.75) is 39.2 Å². The summed E-state index contributed by atoms with van der Waals surface area (Å²) < 4.78 is 1.94. The molecule has 1 fully saturated rings. The largest absolute Gasteiger partial charge is 0.385 e. The van der Waals surface area contributed by atoms with Crippen LogP contribution in [0, 0.1) is 20.8 Å². The van der Waals surface area contributed by atoms with Gasteiger partial charge in [0.2, 0.25) is 0 Å². The lowest BCUT2D eigenvalue weighted by Gasteiger charge is -2.39. The molecular formula is C19H23N5O. The number of fused-ring (bicyclic) bond motifs is 1. The maximum atomic E-state index is 11.0. The van der Waals surface area contributed by atoms with Crippen LogP contribution in [0.25, 0.3) is 5.65 Å². The minimum atomic E-state index is -0.804. The van der Waals surface area contributed by atoms with Crippen LogP contribution in [0.1, 0.15) is 35.4 Å². The normalized spacial score (nSPS) is 17.2. The molecule has 0 aromatic carbocycles. The maximum Gasteiger partial charge on any atom is 0.160 e. The average Bonchev–Trinajstić information content (AvgIpc) is 2.91. The third kappa shape index (κ3) is 2.66. The molecule has 1 aliphatic rings. The monoisotopic (exact) mass is 337 g/mol. The van der Waals surface area contributed by atoms with Gasteiger partial charge in [-0.1, -0.05) is 6.07 Å². The zero-order chi connectivity index (χ0) is 17.6. The van der Waals surface area contributed by atoms with Crippen LogP contribution in [0.3, 0.4) is 0 Å². The third-order valence-corrected chi connectivity index (χ3v) is 5.28. The number of nitrogens with zero attached hydrogens (tertiary/aromatic N) is 5. The molecule has 0 unspecified atom stereocenters. The number of pyridine rings is 1. The molecule has 130 valence electrons. The fourth-order valence-corrected chi connectivity index (χ4v) is 3.59. The molecule has 3 aromatic rings. The Bertz CT molecular complexity index is 910. The summed E-state index contributed by atoms with van der Waals surface area (Å²) in [6, 6.07) is 5.91. The molecule has 1 saturated heterocycles. The van der Waals surface area contributed by atoms with E-state index in [1.165, 1.54) is 0 Å². The summed E-state index contributed by atoms with van der Waals surface area (Å²) >= 11 is 0. The molecule has 0 amide bonds. The Morgan fingerprint density at radius 3 is 2.60 bits per heavy atom.